The SMILES string of the molecule is Cc1cccc(C)c1-c1cc(OCC(CCC2(C)CC2)NCc2cncc(N(C)C3CCC3)n2)nc(NS(=O)(=O)c2cccc(C(=O)O)c2)n1. The molecule has 2 aromatic heterocycles. The number of carboxylic acid groups (broad SMARTS) is 1. The maximum absolute atomic E-state index is 13.4. The Kier molecular flexibility index (Phi) is 10.4. The van der Waals surface area contributed by atoms with Gasteiger partial charge in [0.25, 0.3) is 10.0 Å². The number of sulfonamides is 1. The average molecular weight is 700 g/mol. The molecule has 6 rings (SSSR count). The Hall–Kier alpha value is -4.62. The van der Waals surface area contributed by atoms with Gasteiger partial charge in [0, 0.05) is 43.5 Å². The topological polar surface area (TPSA) is 160 Å². The maximum Gasteiger partial charge on any atom is 0.335 e. The normalized spacial score (nSPS) is 15.9. The number of nitrogens with zero attached hydrogens (tertiary/aromatic N) is 5. The molecule has 0 spiro atoms. The lowest BCUT2D eigenvalue weighted by atomic mass is 9.92. The number of rotatable bonds is 16. The van der Waals surface area contributed by atoms with Crippen LogP contribution in [0.4, 0.5) is 11.8 Å². The molecule has 1 unspecified atom stereocenters. The van der Waals surface area contributed by atoms with Crippen LogP contribution in [0.5, 0.6) is 5.88 Å². The van der Waals surface area contributed by atoms with Crippen LogP contribution in [-0.4, -0.2) is 65.2 Å². The minimum absolute atomic E-state index is 0.0419. The Morgan fingerprint density at radius 2 is 1.80 bits per heavy atom. The van der Waals surface area contributed by atoms with Crippen molar-refractivity contribution in [1.29, 1.82) is 0 Å². The van der Waals surface area contributed by atoms with Gasteiger partial charge in [-0.2, -0.15) is 4.98 Å². The first-order chi connectivity index (χ1) is 23.9. The number of aryl methyl sites for hydroxylation is 2. The summed E-state index contributed by atoms with van der Waals surface area (Å²) >= 11 is 0. The van der Waals surface area contributed by atoms with E-state index in [1.54, 1.807) is 12.3 Å². The molecule has 0 amide bonds. The summed E-state index contributed by atoms with van der Waals surface area (Å²) in [6.07, 6.45) is 11.5. The molecule has 2 aliphatic rings. The fraction of sp³-hybridized carbons (Fsp3) is 0.432. The van der Waals surface area contributed by atoms with Crippen LogP contribution in [0.1, 0.15) is 79.0 Å². The zero-order chi connectivity index (χ0) is 35.5. The fourth-order valence-electron chi connectivity index (χ4n) is 6.14. The third-order valence-corrected chi connectivity index (χ3v) is 11.2. The quantitative estimate of drug-likeness (QED) is 0.123. The second-order valence-corrected chi connectivity index (χ2v) is 15.6. The highest BCUT2D eigenvalue weighted by Gasteiger charge is 2.37. The van der Waals surface area contributed by atoms with Gasteiger partial charge in [0.15, 0.2) is 0 Å². The molecule has 2 aromatic carbocycles. The molecule has 12 nitrogen and oxygen atoms in total. The van der Waals surface area contributed by atoms with Crippen LogP contribution in [-0.2, 0) is 16.6 Å². The zero-order valence-electron chi connectivity index (χ0n) is 29.0. The number of anilines is 2. The van der Waals surface area contributed by atoms with E-state index in [9.17, 15) is 18.3 Å². The number of nitrogens with one attached hydrogen (secondary N) is 2. The second-order valence-electron chi connectivity index (χ2n) is 13.9. The molecule has 3 N–H and O–H groups in total. The summed E-state index contributed by atoms with van der Waals surface area (Å²) in [7, 11) is -2.15. The fourth-order valence-corrected chi connectivity index (χ4v) is 7.13. The van der Waals surface area contributed by atoms with Gasteiger partial charge in [-0.3, -0.25) is 4.98 Å². The largest absolute Gasteiger partial charge is 0.478 e. The van der Waals surface area contributed by atoms with E-state index >= 15 is 0 Å². The lowest BCUT2D eigenvalue weighted by Gasteiger charge is -2.35. The molecule has 0 bridgehead atoms. The van der Waals surface area contributed by atoms with Gasteiger partial charge in [0.1, 0.15) is 12.4 Å². The molecule has 264 valence electrons. The van der Waals surface area contributed by atoms with Crippen LogP contribution in [0.2, 0.25) is 0 Å². The molecule has 50 heavy (non-hydrogen) atoms. The van der Waals surface area contributed by atoms with Crippen molar-refractivity contribution in [2.45, 2.75) is 89.2 Å². The summed E-state index contributed by atoms with van der Waals surface area (Å²) in [6, 6.07) is 13.2. The Morgan fingerprint density at radius 1 is 1.06 bits per heavy atom. The first kappa shape index (κ1) is 35.2. The van der Waals surface area contributed by atoms with Crippen molar-refractivity contribution in [3.63, 3.8) is 0 Å². The molecule has 0 saturated heterocycles. The summed E-state index contributed by atoms with van der Waals surface area (Å²) in [5.41, 5.74) is 4.30. The third kappa shape index (κ3) is 8.56. The number of hydrogen-bond acceptors (Lipinski definition) is 10. The van der Waals surface area contributed by atoms with Crippen molar-refractivity contribution in [1.82, 2.24) is 25.3 Å². The summed E-state index contributed by atoms with van der Waals surface area (Å²) in [5.74, 6) is -0.330. The first-order valence-electron chi connectivity index (χ1n) is 17.1. The van der Waals surface area contributed by atoms with Gasteiger partial charge in [-0.25, -0.2) is 27.9 Å². The molecule has 1 atom stereocenters. The highest BCUT2D eigenvalue weighted by atomic mass is 32.2. The molecule has 2 aliphatic carbocycles. The highest BCUT2D eigenvalue weighted by molar-refractivity contribution is 7.92. The van der Waals surface area contributed by atoms with Crippen molar-refractivity contribution >= 4 is 27.8 Å². The van der Waals surface area contributed by atoms with E-state index in [2.05, 4.69) is 43.9 Å². The van der Waals surface area contributed by atoms with Crippen LogP contribution < -0.4 is 19.7 Å². The molecule has 0 aliphatic heterocycles. The van der Waals surface area contributed by atoms with Gasteiger partial charge in [0.2, 0.25) is 11.8 Å². The molecule has 13 heteroatoms. The average Bonchev–Trinajstić information content (AvgIpc) is 3.80. The van der Waals surface area contributed by atoms with Crippen LogP contribution in [0.25, 0.3) is 11.3 Å². The lowest BCUT2D eigenvalue weighted by Crippen LogP contribution is -2.38. The molecule has 2 heterocycles. The molecular formula is C37H45N7O5S. The van der Waals surface area contributed by atoms with Gasteiger partial charge in [0.05, 0.1) is 28.0 Å². The number of aromatic nitrogens is 4. The van der Waals surface area contributed by atoms with Crippen molar-refractivity contribution in [3.8, 4) is 17.1 Å². The van der Waals surface area contributed by atoms with Crippen molar-refractivity contribution in [2.75, 3.05) is 23.3 Å². The standard InChI is InChI=1S/C37H45N7O5S/c1-24-8-5-9-25(2)34(24)31-19-33(42-36(41-31)43-50(47,48)30-13-6-10-26(18-30)35(45)46)49-23-27(14-15-37(3)16-17-37)39-21-28-20-38-22-32(40-28)44(4)29-11-7-12-29/h5-6,8-10,13,18-20,22,27,29,39H,7,11-12,14-17,21,23H2,1-4H3,(H,45,46)(H,41,42,43). The first-order valence-corrected chi connectivity index (χ1v) is 18.6. The second kappa shape index (κ2) is 14.7. The van der Waals surface area contributed by atoms with Crippen LogP contribution >= 0.6 is 0 Å². The summed E-state index contributed by atoms with van der Waals surface area (Å²) in [6.45, 7) is 7.03. The van der Waals surface area contributed by atoms with Crippen molar-refractivity contribution in [2.24, 2.45) is 5.41 Å². The van der Waals surface area contributed by atoms with E-state index < -0.39 is 16.0 Å². The summed E-state index contributed by atoms with van der Waals surface area (Å²) in [4.78, 5) is 31.9. The Morgan fingerprint density at radius 3 is 2.48 bits per heavy atom. The van der Waals surface area contributed by atoms with Crippen LogP contribution in [0.3, 0.4) is 0 Å². The number of hydrogen-bond donors (Lipinski definition) is 3. The zero-order valence-corrected chi connectivity index (χ0v) is 29.8. The van der Waals surface area contributed by atoms with Crippen LogP contribution in [0, 0.1) is 19.3 Å². The van der Waals surface area contributed by atoms with E-state index in [1.165, 1.54) is 50.3 Å². The van der Waals surface area contributed by atoms with Gasteiger partial charge in [-0.1, -0.05) is 31.2 Å². The number of ether oxygens (including phenoxy) is 1. The minimum Gasteiger partial charge on any atom is -0.478 e. The third-order valence-electron chi connectivity index (χ3n) is 9.92. The van der Waals surface area contributed by atoms with Gasteiger partial charge in [-0.05, 0) is 93.5 Å². The molecule has 2 fully saturated rings. The molecule has 4 aromatic rings. The minimum atomic E-state index is -4.23. The summed E-state index contributed by atoms with van der Waals surface area (Å²) in [5, 5.41) is 13.0. The smallest absolute Gasteiger partial charge is 0.335 e. The van der Waals surface area contributed by atoms with E-state index in [0.29, 0.717) is 23.7 Å². The van der Waals surface area contributed by atoms with Gasteiger partial charge in [-0.15, -0.1) is 0 Å². The Bertz CT molecular complexity index is 1940. The van der Waals surface area contributed by atoms with E-state index in [1.807, 2.05) is 38.2 Å². The van der Waals surface area contributed by atoms with Crippen molar-refractivity contribution in [3.05, 3.63) is 83.3 Å². The number of carboxylic acids is 1. The number of carbonyl (C=O) groups is 1. The number of benzene rings is 2. The lowest BCUT2D eigenvalue weighted by molar-refractivity contribution is 0.0696. The van der Waals surface area contributed by atoms with Gasteiger partial charge >= 0.3 is 5.97 Å². The molecule has 0 radical (unpaired) electrons. The van der Waals surface area contributed by atoms with E-state index in [4.69, 9.17) is 9.72 Å². The van der Waals surface area contributed by atoms with Crippen LogP contribution in [0.15, 0.2) is 65.8 Å². The predicted octanol–water partition coefficient (Wildman–Crippen LogP) is 6.16. The highest BCUT2D eigenvalue weighted by Crippen LogP contribution is 2.49. The number of aromatic carboxylic acids is 1. The Labute approximate surface area is 293 Å². The van der Waals surface area contributed by atoms with E-state index in [-0.39, 0.29) is 34.9 Å². The van der Waals surface area contributed by atoms with E-state index in [0.717, 1.165) is 47.1 Å². The summed E-state index contributed by atoms with van der Waals surface area (Å²) < 4.78 is 35.6. The van der Waals surface area contributed by atoms with Gasteiger partial charge < -0.3 is 20.1 Å². The predicted molar refractivity (Wildman–Crippen MR) is 192 cm³/mol. The Balaban J connectivity index is 1.24. The monoisotopic (exact) mass is 699 g/mol. The molecular weight excluding hydrogens is 655 g/mol. The maximum atomic E-state index is 13.4. The molecule has 2 saturated carbocycles. The van der Waals surface area contributed by atoms with Crippen molar-refractivity contribution < 1.29 is 23.1 Å².